The van der Waals surface area contributed by atoms with Gasteiger partial charge in [0, 0.05) is 0 Å². The van der Waals surface area contributed by atoms with Crippen molar-refractivity contribution in [3.05, 3.63) is 40.8 Å². The van der Waals surface area contributed by atoms with Gasteiger partial charge in [-0.2, -0.15) is 0 Å². The molecule has 6 heteroatoms. The largest absolute Gasteiger partial charge is 0.495 e. The van der Waals surface area contributed by atoms with E-state index in [4.69, 9.17) is 4.74 Å². The number of hydrogen-bond acceptors (Lipinski definition) is 4. The molecule has 0 saturated heterocycles. The lowest BCUT2D eigenvalue weighted by Crippen LogP contribution is -2.12. The summed E-state index contributed by atoms with van der Waals surface area (Å²) in [5, 5.41) is 1.73. The molecule has 0 bridgehead atoms. The molecule has 1 aromatic carbocycles. The summed E-state index contributed by atoms with van der Waals surface area (Å²) in [4.78, 5) is 0. The number of rotatable bonds is 4. The number of nitrogens with one attached hydrogen (secondary N) is 1. The zero-order valence-electron chi connectivity index (χ0n) is 10.9. The van der Waals surface area contributed by atoms with Gasteiger partial charge in [-0.25, -0.2) is 8.42 Å². The van der Waals surface area contributed by atoms with Crippen molar-refractivity contribution in [2.75, 3.05) is 11.8 Å². The number of ether oxygens (including phenoxy) is 1. The second-order valence-corrected chi connectivity index (χ2v) is 7.03. The zero-order valence-corrected chi connectivity index (χ0v) is 12.6. The molecule has 2 rings (SSSR count). The number of hydrogen-bond donors (Lipinski definition) is 1. The van der Waals surface area contributed by atoms with Crippen molar-refractivity contribution in [2.45, 2.75) is 18.1 Å². The summed E-state index contributed by atoms with van der Waals surface area (Å²) in [7, 11) is -2.02. The molecule has 102 valence electrons. The lowest BCUT2D eigenvalue weighted by Gasteiger charge is -2.13. The van der Waals surface area contributed by atoms with Gasteiger partial charge in [0.05, 0.1) is 12.8 Å². The quantitative estimate of drug-likeness (QED) is 0.943. The molecule has 1 heterocycles. The van der Waals surface area contributed by atoms with Crippen molar-refractivity contribution in [1.82, 2.24) is 0 Å². The van der Waals surface area contributed by atoms with Crippen molar-refractivity contribution in [3.8, 4) is 5.75 Å². The van der Waals surface area contributed by atoms with Crippen LogP contribution in [0.5, 0.6) is 5.75 Å². The van der Waals surface area contributed by atoms with Crippen LogP contribution in [0.25, 0.3) is 0 Å². The fourth-order valence-corrected chi connectivity index (χ4v) is 3.70. The maximum absolute atomic E-state index is 12.2. The van der Waals surface area contributed by atoms with E-state index < -0.39 is 10.0 Å². The van der Waals surface area contributed by atoms with E-state index in [2.05, 4.69) is 4.72 Å². The SMILES string of the molecule is COc1cc(C)c(C)cc1NS(=O)(=O)c1cccs1. The van der Waals surface area contributed by atoms with Crippen LogP contribution in [0.15, 0.2) is 33.9 Å². The Morgan fingerprint density at radius 2 is 1.89 bits per heavy atom. The minimum Gasteiger partial charge on any atom is -0.495 e. The van der Waals surface area contributed by atoms with Crippen molar-refractivity contribution in [2.24, 2.45) is 0 Å². The average molecular weight is 297 g/mol. The fraction of sp³-hybridized carbons (Fsp3) is 0.231. The Balaban J connectivity index is 2.41. The van der Waals surface area contributed by atoms with Crippen molar-refractivity contribution in [1.29, 1.82) is 0 Å². The normalized spacial score (nSPS) is 11.3. The van der Waals surface area contributed by atoms with Crippen LogP contribution >= 0.6 is 11.3 Å². The van der Waals surface area contributed by atoms with E-state index in [-0.39, 0.29) is 4.21 Å². The minimum absolute atomic E-state index is 0.285. The predicted octanol–water partition coefficient (Wildman–Crippen LogP) is 3.17. The molecule has 0 aliphatic rings. The highest BCUT2D eigenvalue weighted by Gasteiger charge is 2.18. The van der Waals surface area contributed by atoms with Crippen LogP contribution in [0.4, 0.5) is 5.69 Å². The molecule has 0 aliphatic heterocycles. The van der Waals surface area contributed by atoms with Crippen molar-refractivity contribution < 1.29 is 13.2 Å². The molecule has 19 heavy (non-hydrogen) atoms. The van der Waals surface area contributed by atoms with Crippen LogP contribution in [-0.2, 0) is 10.0 Å². The van der Waals surface area contributed by atoms with Crippen LogP contribution in [0.3, 0.4) is 0 Å². The van der Waals surface area contributed by atoms with Crippen LogP contribution in [0, 0.1) is 13.8 Å². The van der Waals surface area contributed by atoms with Crippen LogP contribution in [-0.4, -0.2) is 15.5 Å². The first-order chi connectivity index (χ1) is 8.94. The number of anilines is 1. The van der Waals surface area contributed by atoms with Gasteiger partial charge >= 0.3 is 0 Å². The monoisotopic (exact) mass is 297 g/mol. The molecule has 1 aromatic heterocycles. The Morgan fingerprint density at radius 3 is 2.47 bits per heavy atom. The first-order valence-electron chi connectivity index (χ1n) is 5.65. The highest BCUT2D eigenvalue weighted by atomic mass is 32.2. The first kappa shape index (κ1) is 13.9. The van der Waals surface area contributed by atoms with E-state index in [9.17, 15) is 8.42 Å². The van der Waals surface area contributed by atoms with Gasteiger partial charge in [-0.05, 0) is 48.6 Å². The maximum Gasteiger partial charge on any atom is 0.271 e. The molecule has 0 atom stereocenters. The molecule has 0 aliphatic carbocycles. The molecule has 0 fully saturated rings. The van der Waals surface area contributed by atoms with E-state index in [0.717, 1.165) is 11.1 Å². The molecule has 0 amide bonds. The van der Waals surface area contributed by atoms with Gasteiger partial charge in [-0.3, -0.25) is 4.72 Å². The molecule has 0 saturated carbocycles. The molecule has 4 nitrogen and oxygen atoms in total. The van der Waals surface area contributed by atoms with Crippen molar-refractivity contribution >= 4 is 27.0 Å². The Kier molecular flexibility index (Phi) is 3.82. The van der Waals surface area contributed by atoms with E-state index in [1.807, 2.05) is 19.9 Å². The lowest BCUT2D eigenvalue weighted by atomic mass is 10.1. The van der Waals surface area contributed by atoms with E-state index in [0.29, 0.717) is 11.4 Å². The van der Waals surface area contributed by atoms with Crippen LogP contribution < -0.4 is 9.46 Å². The van der Waals surface area contributed by atoms with Gasteiger partial charge in [0.2, 0.25) is 0 Å². The van der Waals surface area contributed by atoms with Gasteiger partial charge in [-0.1, -0.05) is 6.07 Å². The second kappa shape index (κ2) is 5.22. The summed E-state index contributed by atoms with van der Waals surface area (Å²) >= 11 is 1.18. The summed E-state index contributed by atoms with van der Waals surface area (Å²) in [6.45, 7) is 3.88. The highest BCUT2D eigenvalue weighted by Crippen LogP contribution is 2.30. The fourth-order valence-electron chi connectivity index (χ4n) is 1.65. The van der Waals surface area contributed by atoms with E-state index in [1.54, 1.807) is 23.6 Å². The van der Waals surface area contributed by atoms with Crippen LogP contribution in [0.1, 0.15) is 11.1 Å². The average Bonchev–Trinajstić information content (AvgIpc) is 2.87. The Hall–Kier alpha value is -1.53. The third-order valence-corrected chi connectivity index (χ3v) is 5.58. The summed E-state index contributed by atoms with van der Waals surface area (Å²) in [6.07, 6.45) is 0. The molecule has 0 spiro atoms. The smallest absolute Gasteiger partial charge is 0.271 e. The van der Waals surface area contributed by atoms with Crippen molar-refractivity contribution in [3.63, 3.8) is 0 Å². The molecule has 0 unspecified atom stereocenters. The first-order valence-corrected chi connectivity index (χ1v) is 8.02. The second-order valence-electron chi connectivity index (χ2n) is 4.17. The standard InChI is InChI=1S/C13H15NO3S2/c1-9-7-11(12(17-3)8-10(9)2)14-19(15,16)13-5-4-6-18-13/h4-8,14H,1-3H3. The zero-order chi connectivity index (χ0) is 14.0. The number of methoxy groups -OCH3 is 1. The number of benzene rings is 1. The molecule has 0 radical (unpaired) electrons. The molecule has 1 N–H and O–H groups in total. The van der Waals surface area contributed by atoms with Gasteiger partial charge in [0.25, 0.3) is 10.0 Å². The summed E-state index contributed by atoms with van der Waals surface area (Å²) < 4.78 is 32.4. The lowest BCUT2D eigenvalue weighted by molar-refractivity contribution is 0.416. The topological polar surface area (TPSA) is 55.4 Å². The molecule has 2 aromatic rings. The Labute approximate surface area is 117 Å². The predicted molar refractivity (Wildman–Crippen MR) is 77.6 cm³/mol. The molecular formula is C13H15NO3S2. The van der Waals surface area contributed by atoms with Gasteiger partial charge < -0.3 is 4.74 Å². The van der Waals surface area contributed by atoms with Gasteiger partial charge in [-0.15, -0.1) is 11.3 Å². The summed E-state index contributed by atoms with van der Waals surface area (Å²) in [6, 6.07) is 6.87. The Bertz CT molecular complexity index is 676. The maximum atomic E-state index is 12.2. The number of thiophene rings is 1. The van der Waals surface area contributed by atoms with Crippen LogP contribution in [0.2, 0.25) is 0 Å². The number of sulfonamides is 1. The van der Waals surface area contributed by atoms with E-state index in [1.165, 1.54) is 18.4 Å². The number of aryl methyl sites for hydroxylation is 2. The van der Waals surface area contributed by atoms with Gasteiger partial charge in [0.15, 0.2) is 0 Å². The third-order valence-electron chi connectivity index (χ3n) is 2.82. The van der Waals surface area contributed by atoms with Gasteiger partial charge in [0.1, 0.15) is 9.96 Å². The summed E-state index contributed by atoms with van der Waals surface area (Å²) in [5.74, 6) is 0.517. The third kappa shape index (κ3) is 2.90. The Morgan fingerprint density at radius 1 is 1.21 bits per heavy atom. The minimum atomic E-state index is -3.54. The highest BCUT2D eigenvalue weighted by molar-refractivity contribution is 7.94. The molecular weight excluding hydrogens is 282 g/mol. The van der Waals surface area contributed by atoms with E-state index >= 15 is 0 Å². The summed E-state index contributed by atoms with van der Waals surface area (Å²) in [5.41, 5.74) is 2.51.